The predicted octanol–water partition coefficient (Wildman–Crippen LogP) is 1.43. The molecule has 2 fully saturated rings. The van der Waals surface area contributed by atoms with Crippen LogP contribution < -0.4 is 5.73 Å². The predicted molar refractivity (Wildman–Crippen MR) is 133 cm³/mol. The van der Waals surface area contributed by atoms with Gasteiger partial charge in [0, 0.05) is 37.4 Å². The zero-order chi connectivity index (χ0) is 24.9. The van der Waals surface area contributed by atoms with Crippen molar-refractivity contribution in [2.45, 2.75) is 29.8 Å². The Bertz CT molecular complexity index is 1320. The molecule has 2 amide bonds. The maximum absolute atomic E-state index is 13.0. The number of nitrogens with zero attached hydrogens (tertiary/aromatic N) is 4. The Hall–Kier alpha value is -2.82. The molecule has 2 saturated heterocycles. The Morgan fingerprint density at radius 3 is 2.51 bits per heavy atom. The molecule has 0 aliphatic carbocycles. The highest BCUT2D eigenvalue weighted by molar-refractivity contribution is 7.91. The number of hydrogen-bond donors (Lipinski definition) is 1. The number of carbonyl (C=O) groups excluding carboxylic acids is 2. The van der Waals surface area contributed by atoms with Crippen LogP contribution in [0.25, 0.3) is 10.8 Å². The smallest absolute Gasteiger partial charge is 0.273 e. The maximum atomic E-state index is 13.0. The minimum Gasteiger partial charge on any atom is -0.361 e. The third kappa shape index (κ3) is 4.57. The molecule has 0 aromatic heterocycles. The van der Waals surface area contributed by atoms with Crippen LogP contribution >= 0.6 is 11.6 Å². The van der Waals surface area contributed by atoms with E-state index < -0.39 is 21.6 Å². The SMILES string of the molecule is CN1C=C2C(=O)N(C3CCN(C(=O)C(N)CS(=O)(=O)c4ccc5cc(Cl)ccc5c4)CC3)CN2C1. The van der Waals surface area contributed by atoms with E-state index >= 15 is 0 Å². The Labute approximate surface area is 209 Å². The topological polar surface area (TPSA) is 107 Å². The normalized spacial score (nSPS) is 20.0. The van der Waals surface area contributed by atoms with Crippen molar-refractivity contribution in [2.24, 2.45) is 5.73 Å². The lowest BCUT2D eigenvalue weighted by molar-refractivity contribution is -0.134. The van der Waals surface area contributed by atoms with Crippen LogP contribution in [0.2, 0.25) is 5.02 Å². The number of amides is 2. The second-order valence-corrected chi connectivity index (χ2v) is 11.9. The van der Waals surface area contributed by atoms with Crippen LogP contribution in [-0.4, -0.2) is 91.1 Å². The molecular formula is C24H28ClN5O4S. The van der Waals surface area contributed by atoms with Gasteiger partial charge >= 0.3 is 0 Å². The van der Waals surface area contributed by atoms with Gasteiger partial charge in [-0.05, 0) is 47.9 Å². The molecule has 0 saturated carbocycles. The Balaban J connectivity index is 1.19. The van der Waals surface area contributed by atoms with E-state index in [1.807, 2.05) is 27.9 Å². The number of fused-ring (bicyclic) bond motifs is 2. The van der Waals surface area contributed by atoms with Gasteiger partial charge in [-0.1, -0.05) is 23.7 Å². The first-order valence-electron chi connectivity index (χ1n) is 11.6. The van der Waals surface area contributed by atoms with E-state index in [0.717, 1.165) is 16.5 Å². The van der Waals surface area contributed by atoms with Crippen molar-refractivity contribution in [3.8, 4) is 0 Å². The molecule has 1 atom stereocenters. The van der Waals surface area contributed by atoms with Gasteiger partial charge in [-0.15, -0.1) is 0 Å². The molecule has 3 aliphatic heterocycles. The van der Waals surface area contributed by atoms with E-state index in [9.17, 15) is 18.0 Å². The molecule has 35 heavy (non-hydrogen) atoms. The number of nitrogens with two attached hydrogens (primary N) is 1. The molecular weight excluding hydrogens is 490 g/mol. The maximum Gasteiger partial charge on any atom is 0.273 e. The van der Waals surface area contributed by atoms with Crippen LogP contribution in [0.3, 0.4) is 0 Å². The van der Waals surface area contributed by atoms with Gasteiger partial charge < -0.3 is 25.3 Å². The van der Waals surface area contributed by atoms with E-state index in [0.29, 0.717) is 44.3 Å². The lowest BCUT2D eigenvalue weighted by Gasteiger charge is -2.37. The molecule has 5 rings (SSSR count). The molecule has 11 heteroatoms. The van der Waals surface area contributed by atoms with Crippen LogP contribution in [-0.2, 0) is 19.4 Å². The lowest BCUT2D eigenvalue weighted by Crippen LogP contribution is -2.53. The molecule has 0 spiro atoms. The van der Waals surface area contributed by atoms with Gasteiger partial charge in [-0.3, -0.25) is 9.59 Å². The number of carbonyl (C=O) groups is 2. The van der Waals surface area contributed by atoms with Crippen molar-refractivity contribution < 1.29 is 18.0 Å². The molecule has 2 aromatic rings. The van der Waals surface area contributed by atoms with E-state index in [2.05, 4.69) is 0 Å². The molecule has 0 bridgehead atoms. The summed E-state index contributed by atoms with van der Waals surface area (Å²) in [6.45, 7) is 2.14. The number of sulfone groups is 1. The summed E-state index contributed by atoms with van der Waals surface area (Å²) in [5.41, 5.74) is 6.80. The molecule has 1 unspecified atom stereocenters. The van der Waals surface area contributed by atoms with E-state index in [1.54, 1.807) is 35.2 Å². The molecule has 3 heterocycles. The van der Waals surface area contributed by atoms with Crippen LogP contribution in [0.5, 0.6) is 0 Å². The fourth-order valence-electron chi connectivity index (χ4n) is 5.09. The average molecular weight is 518 g/mol. The lowest BCUT2D eigenvalue weighted by atomic mass is 10.0. The van der Waals surface area contributed by atoms with Gasteiger partial charge in [-0.25, -0.2) is 8.42 Å². The second-order valence-electron chi connectivity index (χ2n) is 9.47. The standard InChI is InChI=1S/C24H28ClN5O4S/c1-27-12-22-24(32)30(15-29(22)14-27)19-6-8-28(9-7-19)23(31)21(26)13-35(33,34)20-5-3-16-10-18(25)4-2-17(16)11-20/h2-5,10-12,19,21H,6-9,13-15,26H2,1H3. The van der Waals surface area contributed by atoms with Gasteiger partial charge in [0.25, 0.3) is 5.91 Å². The third-order valence-corrected chi connectivity index (χ3v) is 8.95. The number of piperidine rings is 1. The summed E-state index contributed by atoms with van der Waals surface area (Å²) in [7, 11) is -1.83. The van der Waals surface area contributed by atoms with Gasteiger partial charge in [0.2, 0.25) is 5.91 Å². The van der Waals surface area contributed by atoms with E-state index in [-0.39, 0.29) is 22.8 Å². The first kappa shape index (κ1) is 23.9. The van der Waals surface area contributed by atoms with Crippen LogP contribution in [0.1, 0.15) is 12.8 Å². The van der Waals surface area contributed by atoms with Gasteiger partial charge in [-0.2, -0.15) is 0 Å². The molecule has 2 aromatic carbocycles. The van der Waals surface area contributed by atoms with Crippen molar-refractivity contribution in [3.63, 3.8) is 0 Å². The average Bonchev–Trinajstić information content (AvgIpc) is 3.34. The van der Waals surface area contributed by atoms with E-state index in [4.69, 9.17) is 17.3 Å². The van der Waals surface area contributed by atoms with Crippen molar-refractivity contribution in [1.82, 2.24) is 19.6 Å². The number of likely N-dealkylation sites (tertiary alicyclic amines) is 1. The third-order valence-electron chi connectivity index (χ3n) is 6.95. The minimum absolute atomic E-state index is 0.0274. The van der Waals surface area contributed by atoms with Crippen LogP contribution in [0.4, 0.5) is 0 Å². The van der Waals surface area contributed by atoms with Crippen molar-refractivity contribution in [2.75, 3.05) is 39.2 Å². The Morgan fingerprint density at radius 1 is 1.11 bits per heavy atom. The highest BCUT2D eigenvalue weighted by atomic mass is 35.5. The zero-order valence-electron chi connectivity index (χ0n) is 19.4. The summed E-state index contributed by atoms with van der Waals surface area (Å²) >= 11 is 6.00. The number of rotatable bonds is 5. The first-order chi connectivity index (χ1) is 16.6. The van der Waals surface area contributed by atoms with Crippen LogP contribution in [0, 0.1) is 0 Å². The minimum atomic E-state index is -3.76. The first-order valence-corrected chi connectivity index (χ1v) is 13.6. The highest BCUT2D eigenvalue weighted by Gasteiger charge is 2.41. The second kappa shape index (κ2) is 9.00. The zero-order valence-corrected chi connectivity index (χ0v) is 21.0. The molecule has 186 valence electrons. The summed E-state index contributed by atoms with van der Waals surface area (Å²) < 4.78 is 26.0. The van der Waals surface area contributed by atoms with Crippen molar-refractivity contribution in [3.05, 3.63) is 53.3 Å². The number of halogens is 1. The quantitative estimate of drug-likeness (QED) is 0.639. The largest absolute Gasteiger partial charge is 0.361 e. The summed E-state index contributed by atoms with van der Waals surface area (Å²) in [4.78, 5) is 33.4. The summed E-state index contributed by atoms with van der Waals surface area (Å²) in [5, 5.41) is 2.15. The molecule has 9 nitrogen and oxygen atoms in total. The van der Waals surface area contributed by atoms with Crippen LogP contribution in [0.15, 0.2) is 53.2 Å². The van der Waals surface area contributed by atoms with Gasteiger partial charge in [0.1, 0.15) is 5.70 Å². The summed E-state index contributed by atoms with van der Waals surface area (Å²) in [6, 6.07) is 8.92. The van der Waals surface area contributed by atoms with Gasteiger partial charge in [0.15, 0.2) is 9.84 Å². The van der Waals surface area contributed by atoms with Crippen molar-refractivity contribution in [1.29, 1.82) is 0 Å². The Kier molecular flexibility index (Phi) is 6.14. The molecule has 2 N–H and O–H groups in total. The summed E-state index contributed by atoms with van der Waals surface area (Å²) in [6.07, 6.45) is 3.15. The number of benzene rings is 2. The fraction of sp³-hybridized carbons (Fsp3) is 0.417. The van der Waals surface area contributed by atoms with Crippen molar-refractivity contribution >= 4 is 44.0 Å². The summed E-state index contributed by atoms with van der Waals surface area (Å²) in [5.74, 6) is -0.816. The molecule has 3 aliphatic rings. The fourth-order valence-corrected chi connectivity index (χ4v) is 6.66. The monoisotopic (exact) mass is 517 g/mol. The van der Waals surface area contributed by atoms with E-state index in [1.165, 1.54) is 6.07 Å². The highest BCUT2D eigenvalue weighted by Crippen LogP contribution is 2.29. The number of hydrogen-bond acceptors (Lipinski definition) is 7. The molecule has 0 radical (unpaired) electrons. The Morgan fingerprint density at radius 2 is 1.80 bits per heavy atom. The van der Waals surface area contributed by atoms with Gasteiger partial charge in [0.05, 0.1) is 30.0 Å².